The third kappa shape index (κ3) is 3.29. The Morgan fingerprint density at radius 1 is 1.24 bits per heavy atom. The highest BCUT2D eigenvalue weighted by molar-refractivity contribution is 9.09. The van der Waals surface area contributed by atoms with Gasteiger partial charge in [-0.3, -0.25) is 0 Å². The molecule has 0 radical (unpaired) electrons. The summed E-state index contributed by atoms with van der Waals surface area (Å²) in [4.78, 5) is 0.174. The van der Waals surface area contributed by atoms with E-state index >= 15 is 0 Å². The van der Waals surface area contributed by atoms with E-state index in [0.29, 0.717) is 0 Å². The summed E-state index contributed by atoms with van der Waals surface area (Å²) in [5.74, 6) is 0.797. The molecule has 0 spiro atoms. The highest BCUT2D eigenvalue weighted by Gasteiger charge is 2.30. The first-order chi connectivity index (χ1) is 9.93. The average Bonchev–Trinajstić information content (AvgIpc) is 2.71. The average molecular weight is 349 g/mol. The number of alkyl halides is 1. The molecule has 21 heavy (non-hydrogen) atoms. The molecule has 0 bridgehead atoms. The minimum atomic E-state index is -0.184. The second-order valence-electron chi connectivity index (χ2n) is 6.21. The van der Waals surface area contributed by atoms with Gasteiger partial charge in [-0.15, -0.1) is 0 Å². The monoisotopic (exact) mass is 348 g/mol. The summed E-state index contributed by atoms with van der Waals surface area (Å²) in [6.07, 6.45) is 1.69. The summed E-state index contributed by atoms with van der Waals surface area (Å²) < 4.78 is 19.2. The summed E-state index contributed by atoms with van der Waals surface area (Å²) >= 11 is 3.72. The minimum absolute atomic E-state index is 0.120. The lowest BCUT2D eigenvalue weighted by Gasteiger charge is -2.16. The van der Waals surface area contributed by atoms with Crippen LogP contribution in [-0.4, -0.2) is 5.60 Å². The van der Waals surface area contributed by atoms with Gasteiger partial charge in [0, 0.05) is 11.2 Å². The van der Waals surface area contributed by atoms with E-state index in [9.17, 15) is 4.39 Å². The summed E-state index contributed by atoms with van der Waals surface area (Å²) in [6, 6.07) is 13.1. The summed E-state index contributed by atoms with van der Waals surface area (Å²) in [6.45, 7) is 4.20. The zero-order chi connectivity index (χ0) is 15.0. The van der Waals surface area contributed by atoms with E-state index in [2.05, 4.69) is 41.9 Å². The predicted octanol–water partition coefficient (Wildman–Crippen LogP) is 5.22. The van der Waals surface area contributed by atoms with Gasteiger partial charge >= 0.3 is 0 Å². The third-order valence-corrected chi connectivity index (χ3v) is 4.61. The maximum absolute atomic E-state index is 13.3. The van der Waals surface area contributed by atoms with Crippen LogP contribution in [0.2, 0.25) is 0 Å². The number of benzene rings is 2. The lowest BCUT2D eigenvalue weighted by Crippen LogP contribution is -2.24. The first-order valence-electron chi connectivity index (χ1n) is 7.13. The first-order valence-corrected chi connectivity index (χ1v) is 8.05. The SMILES string of the molecule is CC1(C)Cc2cc(C(Br)Cc3cccc(F)c3)ccc2O1. The van der Waals surface area contributed by atoms with Crippen LogP contribution in [0.25, 0.3) is 0 Å². The topological polar surface area (TPSA) is 9.23 Å². The highest BCUT2D eigenvalue weighted by atomic mass is 79.9. The molecule has 1 nitrogen and oxygen atoms in total. The van der Waals surface area contributed by atoms with Gasteiger partial charge in [-0.1, -0.05) is 40.2 Å². The molecule has 1 aliphatic heterocycles. The first kappa shape index (κ1) is 14.6. The van der Waals surface area contributed by atoms with Crippen molar-refractivity contribution in [1.29, 1.82) is 0 Å². The Bertz CT molecular complexity index is 666. The standard InChI is InChI=1S/C18H18BrFO/c1-18(2)11-14-10-13(6-7-17(14)21-18)16(19)9-12-4-3-5-15(20)8-12/h3-8,10,16H,9,11H2,1-2H3. The molecular formula is C18H18BrFO. The fraction of sp³-hybridized carbons (Fsp3) is 0.333. The van der Waals surface area contributed by atoms with Crippen molar-refractivity contribution in [2.75, 3.05) is 0 Å². The van der Waals surface area contributed by atoms with Crippen LogP contribution in [0.15, 0.2) is 42.5 Å². The number of fused-ring (bicyclic) bond motifs is 1. The Balaban J connectivity index is 1.79. The molecule has 2 aromatic rings. The van der Waals surface area contributed by atoms with Crippen molar-refractivity contribution < 1.29 is 9.13 Å². The van der Waals surface area contributed by atoms with Crippen LogP contribution >= 0.6 is 15.9 Å². The van der Waals surface area contributed by atoms with E-state index in [1.54, 1.807) is 12.1 Å². The smallest absolute Gasteiger partial charge is 0.123 e. The molecule has 3 heteroatoms. The van der Waals surface area contributed by atoms with Gasteiger partial charge in [-0.25, -0.2) is 4.39 Å². The van der Waals surface area contributed by atoms with Gasteiger partial charge in [0.1, 0.15) is 17.2 Å². The van der Waals surface area contributed by atoms with E-state index in [4.69, 9.17) is 4.74 Å². The zero-order valence-electron chi connectivity index (χ0n) is 12.2. The molecule has 0 N–H and O–H groups in total. The molecule has 110 valence electrons. The normalized spacial score (nSPS) is 17.1. The van der Waals surface area contributed by atoms with Crippen molar-refractivity contribution in [2.24, 2.45) is 0 Å². The van der Waals surface area contributed by atoms with Gasteiger partial charge < -0.3 is 4.74 Å². The van der Waals surface area contributed by atoms with Crippen LogP contribution in [0.1, 0.15) is 35.4 Å². The maximum atomic E-state index is 13.3. The molecule has 2 aromatic carbocycles. The lowest BCUT2D eigenvalue weighted by atomic mass is 9.98. The molecule has 0 amide bonds. The molecule has 0 fully saturated rings. The summed E-state index contributed by atoms with van der Waals surface area (Å²) in [5.41, 5.74) is 3.33. The van der Waals surface area contributed by atoms with Crippen molar-refractivity contribution in [2.45, 2.75) is 37.1 Å². The third-order valence-electron chi connectivity index (χ3n) is 3.75. The summed E-state index contributed by atoms with van der Waals surface area (Å²) in [7, 11) is 0. The zero-order valence-corrected chi connectivity index (χ0v) is 13.8. The van der Waals surface area contributed by atoms with Crippen molar-refractivity contribution in [3.05, 3.63) is 65.0 Å². The van der Waals surface area contributed by atoms with Gasteiger partial charge in [0.15, 0.2) is 0 Å². The van der Waals surface area contributed by atoms with Gasteiger partial charge in [-0.2, -0.15) is 0 Å². The molecule has 0 aromatic heterocycles. The lowest BCUT2D eigenvalue weighted by molar-refractivity contribution is 0.138. The van der Waals surface area contributed by atoms with Crippen LogP contribution in [0.3, 0.4) is 0 Å². The van der Waals surface area contributed by atoms with Gasteiger partial charge in [0.2, 0.25) is 0 Å². The number of rotatable bonds is 3. The Morgan fingerprint density at radius 2 is 2.05 bits per heavy atom. The Hall–Kier alpha value is -1.35. The fourth-order valence-electron chi connectivity index (χ4n) is 2.81. The molecule has 0 saturated carbocycles. The number of halogens is 2. The maximum Gasteiger partial charge on any atom is 0.123 e. The number of hydrogen-bond acceptors (Lipinski definition) is 1. The Morgan fingerprint density at radius 3 is 2.81 bits per heavy atom. The highest BCUT2D eigenvalue weighted by Crippen LogP contribution is 2.38. The molecular weight excluding hydrogens is 331 g/mol. The number of hydrogen-bond donors (Lipinski definition) is 0. The van der Waals surface area contributed by atoms with E-state index in [1.165, 1.54) is 17.2 Å². The van der Waals surface area contributed by atoms with Crippen molar-refractivity contribution in [1.82, 2.24) is 0 Å². The molecule has 0 saturated heterocycles. The predicted molar refractivity (Wildman–Crippen MR) is 86.6 cm³/mol. The minimum Gasteiger partial charge on any atom is -0.487 e. The van der Waals surface area contributed by atoms with Crippen LogP contribution in [0, 0.1) is 5.82 Å². The van der Waals surface area contributed by atoms with Crippen molar-refractivity contribution in [3.63, 3.8) is 0 Å². The largest absolute Gasteiger partial charge is 0.487 e. The second-order valence-corrected chi connectivity index (χ2v) is 7.31. The van der Waals surface area contributed by atoms with Crippen LogP contribution in [0.5, 0.6) is 5.75 Å². The van der Waals surface area contributed by atoms with E-state index in [-0.39, 0.29) is 16.2 Å². The molecule has 1 unspecified atom stereocenters. The molecule has 1 atom stereocenters. The number of ether oxygens (including phenoxy) is 1. The van der Waals surface area contributed by atoms with Gasteiger partial charge in [-0.05, 0) is 55.2 Å². The Labute approximate surface area is 133 Å². The van der Waals surface area contributed by atoms with Gasteiger partial charge in [0.05, 0.1) is 0 Å². The van der Waals surface area contributed by atoms with E-state index in [1.807, 2.05) is 12.1 Å². The fourth-order valence-corrected chi connectivity index (χ4v) is 3.47. The Kier molecular flexibility index (Phi) is 3.78. The van der Waals surface area contributed by atoms with Crippen molar-refractivity contribution in [3.8, 4) is 5.75 Å². The van der Waals surface area contributed by atoms with Crippen molar-refractivity contribution >= 4 is 15.9 Å². The molecule has 1 aliphatic rings. The molecule has 0 aliphatic carbocycles. The molecule has 3 rings (SSSR count). The molecule has 1 heterocycles. The van der Waals surface area contributed by atoms with Crippen LogP contribution in [-0.2, 0) is 12.8 Å². The summed E-state index contributed by atoms with van der Waals surface area (Å²) in [5, 5.41) is 0. The van der Waals surface area contributed by atoms with E-state index in [0.717, 1.165) is 24.2 Å². The van der Waals surface area contributed by atoms with Crippen LogP contribution in [0.4, 0.5) is 4.39 Å². The second kappa shape index (κ2) is 5.45. The van der Waals surface area contributed by atoms with E-state index < -0.39 is 0 Å². The van der Waals surface area contributed by atoms with Gasteiger partial charge in [0.25, 0.3) is 0 Å². The van der Waals surface area contributed by atoms with Crippen LogP contribution < -0.4 is 4.74 Å². The quantitative estimate of drug-likeness (QED) is 0.691.